The number of rotatable bonds is 4. The predicted molar refractivity (Wildman–Crippen MR) is 81.9 cm³/mol. The first-order valence-electron chi connectivity index (χ1n) is 7.43. The largest absolute Gasteiger partial charge is 0.372 e. The van der Waals surface area contributed by atoms with E-state index in [2.05, 4.69) is 0 Å². The van der Waals surface area contributed by atoms with Crippen molar-refractivity contribution in [3.8, 4) is 0 Å². The first-order valence-corrected chi connectivity index (χ1v) is 7.43. The molecule has 1 aliphatic rings. The number of amides is 1. The van der Waals surface area contributed by atoms with Gasteiger partial charge >= 0.3 is 0 Å². The zero-order valence-electron chi connectivity index (χ0n) is 12.2. The molecule has 0 saturated carbocycles. The average Bonchev–Trinajstić information content (AvgIpc) is 3.03. The van der Waals surface area contributed by atoms with Crippen LogP contribution in [0.3, 0.4) is 0 Å². The number of hydrogen-bond donors (Lipinski definition) is 0. The second-order valence-corrected chi connectivity index (χ2v) is 5.47. The van der Waals surface area contributed by atoms with Gasteiger partial charge in [-0.15, -0.1) is 0 Å². The van der Waals surface area contributed by atoms with E-state index in [-0.39, 0.29) is 17.8 Å². The van der Waals surface area contributed by atoms with Crippen LogP contribution in [0, 0.1) is 5.82 Å². The van der Waals surface area contributed by atoms with E-state index in [1.54, 1.807) is 4.90 Å². The molecule has 0 aromatic heterocycles. The van der Waals surface area contributed by atoms with Crippen molar-refractivity contribution in [2.75, 3.05) is 13.1 Å². The van der Waals surface area contributed by atoms with Crippen molar-refractivity contribution in [2.45, 2.75) is 19.1 Å². The van der Waals surface area contributed by atoms with E-state index in [0.717, 1.165) is 12.0 Å². The van der Waals surface area contributed by atoms with E-state index in [0.29, 0.717) is 25.3 Å². The van der Waals surface area contributed by atoms with E-state index < -0.39 is 0 Å². The average molecular weight is 299 g/mol. The van der Waals surface area contributed by atoms with Crippen LogP contribution in [0.2, 0.25) is 0 Å². The molecule has 2 aromatic carbocycles. The molecule has 1 heterocycles. The normalized spacial score (nSPS) is 17.7. The van der Waals surface area contributed by atoms with Crippen molar-refractivity contribution in [3.63, 3.8) is 0 Å². The Kier molecular flexibility index (Phi) is 4.49. The minimum Gasteiger partial charge on any atom is -0.372 e. The highest BCUT2D eigenvalue weighted by Crippen LogP contribution is 2.17. The van der Waals surface area contributed by atoms with Gasteiger partial charge in [-0.3, -0.25) is 4.79 Å². The third-order valence-electron chi connectivity index (χ3n) is 3.85. The quantitative estimate of drug-likeness (QED) is 0.867. The topological polar surface area (TPSA) is 29.5 Å². The van der Waals surface area contributed by atoms with Gasteiger partial charge in [0.25, 0.3) is 5.91 Å². The zero-order chi connectivity index (χ0) is 15.4. The lowest BCUT2D eigenvalue weighted by Crippen LogP contribution is -2.30. The first kappa shape index (κ1) is 14.7. The van der Waals surface area contributed by atoms with Crippen molar-refractivity contribution < 1.29 is 13.9 Å². The Labute approximate surface area is 129 Å². The van der Waals surface area contributed by atoms with Crippen molar-refractivity contribution in [2.24, 2.45) is 0 Å². The number of nitrogens with zero attached hydrogens (tertiary/aromatic N) is 1. The molecular weight excluding hydrogens is 281 g/mol. The Morgan fingerprint density at radius 1 is 1.14 bits per heavy atom. The lowest BCUT2D eigenvalue weighted by molar-refractivity contribution is 0.0437. The zero-order valence-corrected chi connectivity index (χ0v) is 12.2. The van der Waals surface area contributed by atoms with E-state index in [9.17, 15) is 9.18 Å². The van der Waals surface area contributed by atoms with Crippen LogP contribution in [-0.4, -0.2) is 30.0 Å². The van der Waals surface area contributed by atoms with Crippen LogP contribution in [0.1, 0.15) is 22.3 Å². The summed E-state index contributed by atoms with van der Waals surface area (Å²) in [7, 11) is 0. The molecule has 1 fully saturated rings. The molecule has 1 amide bonds. The summed E-state index contributed by atoms with van der Waals surface area (Å²) in [5.41, 5.74) is 1.65. The van der Waals surface area contributed by atoms with Crippen LogP contribution in [0.15, 0.2) is 54.6 Å². The lowest BCUT2D eigenvalue weighted by atomic mass is 10.2. The summed E-state index contributed by atoms with van der Waals surface area (Å²) in [4.78, 5) is 14.1. The van der Waals surface area contributed by atoms with Crippen LogP contribution in [0.4, 0.5) is 4.39 Å². The first-order chi connectivity index (χ1) is 10.7. The molecule has 0 bridgehead atoms. The minimum atomic E-state index is -0.331. The van der Waals surface area contributed by atoms with Gasteiger partial charge in [0, 0.05) is 18.7 Å². The van der Waals surface area contributed by atoms with E-state index >= 15 is 0 Å². The minimum absolute atomic E-state index is 0.0598. The molecule has 0 radical (unpaired) electrons. The molecule has 1 unspecified atom stereocenters. The smallest absolute Gasteiger partial charge is 0.253 e. The number of carbonyl (C=O) groups is 1. The molecule has 1 saturated heterocycles. The van der Waals surface area contributed by atoms with Gasteiger partial charge in [0.2, 0.25) is 0 Å². The molecule has 1 aliphatic heterocycles. The fraction of sp³-hybridized carbons (Fsp3) is 0.278. The van der Waals surface area contributed by atoms with Crippen molar-refractivity contribution in [1.29, 1.82) is 0 Å². The molecule has 0 aliphatic carbocycles. The van der Waals surface area contributed by atoms with Gasteiger partial charge in [-0.25, -0.2) is 4.39 Å². The fourth-order valence-electron chi connectivity index (χ4n) is 2.61. The predicted octanol–water partition coefficient (Wildman–Crippen LogP) is 3.26. The third kappa shape index (κ3) is 3.52. The second-order valence-electron chi connectivity index (χ2n) is 5.47. The summed E-state index contributed by atoms with van der Waals surface area (Å²) in [6.45, 7) is 1.82. The molecule has 1 atom stereocenters. The molecule has 0 N–H and O–H groups in total. The van der Waals surface area contributed by atoms with Crippen LogP contribution < -0.4 is 0 Å². The maximum absolute atomic E-state index is 12.9. The Hall–Kier alpha value is -2.20. The van der Waals surface area contributed by atoms with Crippen LogP contribution in [-0.2, 0) is 11.3 Å². The van der Waals surface area contributed by atoms with Gasteiger partial charge in [-0.2, -0.15) is 0 Å². The summed E-state index contributed by atoms with van der Waals surface area (Å²) in [5.74, 6) is -0.396. The van der Waals surface area contributed by atoms with Crippen LogP contribution >= 0.6 is 0 Å². The number of halogens is 1. The molecule has 3 rings (SSSR count). The Balaban J connectivity index is 1.53. The van der Waals surface area contributed by atoms with Crippen LogP contribution in [0.25, 0.3) is 0 Å². The highest BCUT2D eigenvalue weighted by atomic mass is 19.1. The van der Waals surface area contributed by atoms with Crippen molar-refractivity contribution >= 4 is 5.91 Å². The molecule has 3 nitrogen and oxygen atoms in total. The monoisotopic (exact) mass is 299 g/mol. The molecule has 2 aromatic rings. The number of likely N-dealkylation sites (tertiary alicyclic amines) is 1. The number of carbonyl (C=O) groups excluding carboxylic acids is 1. The van der Waals surface area contributed by atoms with Gasteiger partial charge in [0.15, 0.2) is 0 Å². The number of ether oxygens (including phenoxy) is 1. The Morgan fingerprint density at radius 2 is 1.86 bits per heavy atom. The van der Waals surface area contributed by atoms with Crippen LogP contribution in [0.5, 0.6) is 0 Å². The number of hydrogen-bond acceptors (Lipinski definition) is 2. The van der Waals surface area contributed by atoms with E-state index in [4.69, 9.17) is 4.74 Å². The SMILES string of the molecule is O=C(c1ccc(F)cc1)N1CCC(OCc2ccccc2)C1. The van der Waals surface area contributed by atoms with Gasteiger partial charge in [0.1, 0.15) is 5.82 Å². The third-order valence-corrected chi connectivity index (χ3v) is 3.85. The second kappa shape index (κ2) is 6.71. The Bertz CT molecular complexity index is 627. The highest BCUT2D eigenvalue weighted by Gasteiger charge is 2.27. The molecule has 0 spiro atoms. The lowest BCUT2D eigenvalue weighted by Gasteiger charge is -2.17. The summed E-state index contributed by atoms with van der Waals surface area (Å²) in [6, 6.07) is 15.7. The Morgan fingerprint density at radius 3 is 2.59 bits per heavy atom. The molecule has 114 valence electrons. The molecular formula is C18H18FNO2. The van der Waals surface area contributed by atoms with E-state index in [1.165, 1.54) is 24.3 Å². The van der Waals surface area contributed by atoms with Gasteiger partial charge in [-0.05, 0) is 36.2 Å². The van der Waals surface area contributed by atoms with Crippen molar-refractivity contribution in [3.05, 3.63) is 71.5 Å². The molecule has 22 heavy (non-hydrogen) atoms. The van der Waals surface area contributed by atoms with E-state index in [1.807, 2.05) is 30.3 Å². The maximum Gasteiger partial charge on any atom is 0.253 e. The van der Waals surface area contributed by atoms with Gasteiger partial charge < -0.3 is 9.64 Å². The highest BCUT2D eigenvalue weighted by molar-refractivity contribution is 5.94. The maximum atomic E-state index is 12.9. The standard InChI is InChI=1S/C18H18FNO2/c19-16-8-6-15(7-9-16)18(21)20-11-10-17(12-20)22-13-14-4-2-1-3-5-14/h1-9,17H,10-13H2. The fourth-order valence-corrected chi connectivity index (χ4v) is 2.61. The molecule has 4 heteroatoms. The summed E-state index contributed by atoms with van der Waals surface area (Å²) >= 11 is 0. The summed E-state index contributed by atoms with van der Waals surface area (Å²) in [5, 5.41) is 0. The van der Waals surface area contributed by atoms with Gasteiger partial charge in [0.05, 0.1) is 12.7 Å². The number of benzene rings is 2. The summed E-state index contributed by atoms with van der Waals surface area (Å²) in [6.07, 6.45) is 0.893. The van der Waals surface area contributed by atoms with Gasteiger partial charge in [-0.1, -0.05) is 30.3 Å². The summed E-state index contributed by atoms with van der Waals surface area (Å²) < 4.78 is 18.8. The van der Waals surface area contributed by atoms with Crippen molar-refractivity contribution in [1.82, 2.24) is 4.90 Å².